The van der Waals surface area contributed by atoms with Gasteiger partial charge in [-0.1, -0.05) is 6.07 Å². The van der Waals surface area contributed by atoms with Crippen LogP contribution in [0.1, 0.15) is 10.4 Å². The molecule has 0 spiro atoms. The van der Waals surface area contributed by atoms with Crippen molar-refractivity contribution >= 4 is 11.6 Å². The Morgan fingerprint density at radius 1 is 1.21 bits per heavy atom. The smallest absolute Gasteiger partial charge is 0.261 e. The lowest BCUT2D eigenvalue weighted by Crippen LogP contribution is -2.15. The molecule has 98 valence electrons. The fourth-order valence-electron chi connectivity index (χ4n) is 1.48. The van der Waals surface area contributed by atoms with Gasteiger partial charge in [-0.2, -0.15) is 0 Å². The zero-order chi connectivity index (χ0) is 13.8. The summed E-state index contributed by atoms with van der Waals surface area (Å²) < 4.78 is 31.6. The molecule has 2 aromatic rings. The highest BCUT2D eigenvalue weighted by molar-refractivity contribution is 6.04. The number of nitrogens with one attached hydrogen (secondary N) is 1. The third-order valence-electron chi connectivity index (χ3n) is 2.39. The van der Waals surface area contributed by atoms with Gasteiger partial charge in [-0.15, -0.1) is 0 Å². The number of anilines is 1. The molecule has 0 aliphatic heterocycles. The van der Waals surface area contributed by atoms with Crippen LogP contribution >= 0.6 is 0 Å². The number of aromatic nitrogens is 1. The summed E-state index contributed by atoms with van der Waals surface area (Å²) in [5.41, 5.74) is -0.313. The van der Waals surface area contributed by atoms with Crippen molar-refractivity contribution in [3.05, 3.63) is 53.7 Å². The molecule has 6 heteroatoms. The Hall–Kier alpha value is -2.50. The number of amides is 1. The van der Waals surface area contributed by atoms with E-state index in [1.807, 2.05) is 0 Å². The average Bonchev–Trinajstić information content (AvgIpc) is 2.39. The number of halogens is 2. The quantitative estimate of drug-likeness (QED) is 0.927. The third kappa shape index (κ3) is 2.85. The Morgan fingerprint density at radius 2 is 1.89 bits per heavy atom. The summed E-state index contributed by atoms with van der Waals surface area (Å²) in [4.78, 5) is 15.6. The van der Waals surface area contributed by atoms with E-state index in [0.717, 1.165) is 12.1 Å². The van der Waals surface area contributed by atoms with E-state index in [2.05, 4.69) is 10.3 Å². The standard InChI is InChI=1S/C13H10F2N2O2/c1-19-11-6-5-8(7-16-11)17-13(18)12-9(14)3-2-4-10(12)15/h2-7H,1H3,(H,17,18). The highest BCUT2D eigenvalue weighted by Gasteiger charge is 2.17. The number of ether oxygens (including phenoxy) is 1. The lowest BCUT2D eigenvalue weighted by atomic mass is 10.2. The molecular formula is C13H10F2N2O2. The highest BCUT2D eigenvalue weighted by atomic mass is 19.1. The number of benzene rings is 1. The van der Waals surface area contributed by atoms with Crippen LogP contribution in [0.25, 0.3) is 0 Å². The molecule has 1 aromatic heterocycles. The summed E-state index contributed by atoms with van der Waals surface area (Å²) in [7, 11) is 1.45. The van der Waals surface area contributed by atoms with Crippen LogP contribution < -0.4 is 10.1 Å². The van der Waals surface area contributed by atoms with E-state index >= 15 is 0 Å². The molecule has 0 bridgehead atoms. The first-order valence-electron chi connectivity index (χ1n) is 5.37. The van der Waals surface area contributed by atoms with Crippen LogP contribution in [0.3, 0.4) is 0 Å². The van der Waals surface area contributed by atoms with E-state index in [0.29, 0.717) is 11.6 Å². The molecule has 0 saturated carbocycles. The van der Waals surface area contributed by atoms with Crippen molar-refractivity contribution in [3.8, 4) is 5.88 Å². The molecule has 4 nitrogen and oxygen atoms in total. The molecular weight excluding hydrogens is 254 g/mol. The van der Waals surface area contributed by atoms with Gasteiger partial charge in [-0.3, -0.25) is 4.79 Å². The average molecular weight is 264 g/mol. The Labute approximate surface area is 108 Å². The van der Waals surface area contributed by atoms with Crippen molar-refractivity contribution in [1.82, 2.24) is 4.98 Å². The molecule has 1 amide bonds. The van der Waals surface area contributed by atoms with Crippen LogP contribution in [0.15, 0.2) is 36.5 Å². The number of hydrogen-bond donors (Lipinski definition) is 1. The van der Waals surface area contributed by atoms with Gasteiger partial charge in [0, 0.05) is 6.07 Å². The van der Waals surface area contributed by atoms with Crippen LogP contribution in [-0.2, 0) is 0 Å². The molecule has 19 heavy (non-hydrogen) atoms. The second kappa shape index (κ2) is 5.43. The minimum Gasteiger partial charge on any atom is -0.481 e. The zero-order valence-corrected chi connectivity index (χ0v) is 9.98. The van der Waals surface area contributed by atoms with Gasteiger partial charge < -0.3 is 10.1 Å². The first kappa shape index (κ1) is 12.9. The van der Waals surface area contributed by atoms with E-state index in [1.54, 1.807) is 0 Å². The van der Waals surface area contributed by atoms with E-state index in [1.165, 1.54) is 31.5 Å². The largest absolute Gasteiger partial charge is 0.481 e. The molecule has 0 atom stereocenters. The third-order valence-corrected chi connectivity index (χ3v) is 2.39. The lowest BCUT2D eigenvalue weighted by molar-refractivity contribution is 0.101. The molecule has 0 saturated heterocycles. The number of carbonyl (C=O) groups is 1. The number of methoxy groups -OCH3 is 1. The minimum absolute atomic E-state index is 0.313. The van der Waals surface area contributed by atoms with Crippen LogP contribution in [0.2, 0.25) is 0 Å². The van der Waals surface area contributed by atoms with E-state index in [9.17, 15) is 13.6 Å². The van der Waals surface area contributed by atoms with Crippen LogP contribution in [0.4, 0.5) is 14.5 Å². The highest BCUT2D eigenvalue weighted by Crippen LogP contribution is 2.16. The summed E-state index contributed by atoms with van der Waals surface area (Å²) in [6.45, 7) is 0. The summed E-state index contributed by atoms with van der Waals surface area (Å²) in [5, 5.41) is 2.35. The molecule has 0 aliphatic carbocycles. The monoisotopic (exact) mass is 264 g/mol. The number of hydrogen-bond acceptors (Lipinski definition) is 3. The molecule has 2 rings (SSSR count). The van der Waals surface area contributed by atoms with Crippen LogP contribution in [0.5, 0.6) is 5.88 Å². The van der Waals surface area contributed by atoms with Crippen LogP contribution in [0, 0.1) is 11.6 Å². The van der Waals surface area contributed by atoms with Crippen LogP contribution in [-0.4, -0.2) is 18.0 Å². The Bertz CT molecular complexity index is 580. The predicted molar refractivity (Wildman–Crippen MR) is 65.1 cm³/mol. The molecule has 1 N–H and O–H groups in total. The number of nitrogens with zero attached hydrogens (tertiary/aromatic N) is 1. The summed E-state index contributed by atoms with van der Waals surface area (Å²) in [6, 6.07) is 6.26. The first-order chi connectivity index (χ1) is 9.11. The maximum atomic E-state index is 13.4. The van der Waals surface area contributed by atoms with Crippen molar-refractivity contribution in [2.75, 3.05) is 12.4 Å². The van der Waals surface area contributed by atoms with Gasteiger partial charge >= 0.3 is 0 Å². The van der Waals surface area contributed by atoms with E-state index < -0.39 is 23.1 Å². The van der Waals surface area contributed by atoms with Gasteiger partial charge in [0.05, 0.1) is 19.0 Å². The predicted octanol–water partition coefficient (Wildman–Crippen LogP) is 2.62. The Balaban J connectivity index is 2.21. The zero-order valence-electron chi connectivity index (χ0n) is 9.98. The Kier molecular flexibility index (Phi) is 3.70. The topological polar surface area (TPSA) is 51.2 Å². The first-order valence-corrected chi connectivity index (χ1v) is 5.37. The second-order valence-corrected chi connectivity index (χ2v) is 3.64. The molecule has 1 heterocycles. The maximum absolute atomic E-state index is 13.4. The number of carbonyl (C=O) groups excluding carboxylic acids is 1. The van der Waals surface area contributed by atoms with E-state index in [-0.39, 0.29) is 0 Å². The molecule has 0 radical (unpaired) electrons. The summed E-state index contributed by atoms with van der Waals surface area (Å²) >= 11 is 0. The fraction of sp³-hybridized carbons (Fsp3) is 0.0769. The van der Waals surface area contributed by atoms with Crippen molar-refractivity contribution < 1.29 is 18.3 Å². The fourth-order valence-corrected chi connectivity index (χ4v) is 1.48. The summed E-state index contributed by atoms with van der Waals surface area (Å²) in [5.74, 6) is -2.34. The molecule has 0 aliphatic rings. The number of pyridine rings is 1. The molecule has 1 aromatic carbocycles. The van der Waals surface area contributed by atoms with Crippen molar-refractivity contribution in [2.45, 2.75) is 0 Å². The maximum Gasteiger partial charge on any atom is 0.261 e. The number of rotatable bonds is 3. The normalized spacial score (nSPS) is 10.1. The van der Waals surface area contributed by atoms with Crippen molar-refractivity contribution in [2.24, 2.45) is 0 Å². The lowest BCUT2D eigenvalue weighted by Gasteiger charge is -2.07. The van der Waals surface area contributed by atoms with Gasteiger partial charge in [0.25, 0.3) is 5.91 Å². The molecule has 0 fully saturated rings. The molecule has 0 unspecified atom stereocenters. The van der Waals surface area contributed by atoms with Gasteiger partial charge in [0.2, 0.25) is 5.88 Å². The van der Waals surface area contributed by atoms with E-state index in [4.69, 9.17) is 4.74 Å². The van der Waals surface area contributed by atoms with Gasteiger partial charge in [-0.05, 0) is 18.2 Å². The second-order valence-electron chi connectivity index (χ2n) is 3.64. The minimum atomic E-state index is -0.918. The SMILES string of the molecule is COc1ccc(NC(=O)c2c(F)cccc2F)cn1. The van der Waals surface area contributed by atoms with Crippen molar-refractivity contribution in [1.29, 1.82) is 0 Å². The van der Waals surface area contributed by atoms with Gasteiger partial charge in [-0.25, -0.2) is 13.8 Å². The van der Waals surface area contributed by atoms with Gasteiger partial charge in [0.1, 0.15) is 17.2 Å². The van der Waals surface area contributed by atoms with Gasteiger partial charge in [0.15, 0.2) is 0 Å². The Morgan fingerprint density at radius 3 is 2.42 bits per heavy atom. The summed E-state index contributed by atoms with van der Waals surface area (Å²) in [6.07, 6.45) is 1.33. The van der Waals surface area contributed by atoms with Crippen molar-refractivity contribution in [3.63, 3.8) is 0 Å².